The number of nitrogen functional groups attached to an aromatic ring is 1. The van der Waals surface area contributed by atoms with Crippen molar-refractivity contribution in [1.82, 2.24) is 9.78 Å². The Balaban J connectivity index is 2.55. The van der Waals surface area contributed by atoms with Crippen molar-refractivity contribution in [2.75, 3.05) is 12.3 Å². The van der Waals surface area contributed by atoms with Gasteiger partial charge in [-0.3, -0.25) is 0 Å². The van der Waals surface area contributed by atoms with Crippen LogP contribution in [0.2, 0.25) is 0 Å². The maximum atomic E-state index is 9.38. The molecule has 0 amide bonds. The summed E-state index contributed by atoms with van der Waals surface area (Å²) in [5.74, 6) is 0.141. The summed E-state index contributed by atoms with van der Waals surface area (Å²) in [6, 6.07) is 11.4. The number of aliphatic hydroxyl groups excluding tert-OH is 1. The van der Waals surface area contributed by atoms with Crippen molar-refractivity contribution < 1.29 is 5.11 Å². The number of nitriles is 2. The minimum Gasteiger partial charge on any atom is -0.394 e. The highest BCUT2D eigenvalue weighted by molar-refractivity contribution is 9.10. The summed E-state index contributed by atoms with van der Waals surface area (Å²) in [6.45, 7) is 0.00350. The summed E-state index contributed by atoms with van der Waals surface area (Å²) in [7, 11) is 0. The highest BCUT2D eigenvalue weighted by atomic mass is 79.9. The molecule has 0 aliphatic rings. The standard InChI is InChI=1S/C15H12BrN5O/c16-12-3-1-2-10(7-12)6-11(8-17)14-13(9-18)15(19)21(20-14)4-5-22/h1-3,6-7,22H,4-5,19H2/b11-6+. The molecule has 1 aromatic carbocycles. The molecule has 6 nitrogen and oxygen atoms in total. The van der Waals surface area contributed by atoms with Gasteiger partial charge < -0.3 is 10.8 Å². The van der Waals surface area contributed by atoms with Gasteiger partial charge in [-0.25, -0.2) is 4.68 Å². The molecule has 7 heteroatoms. The number of hydrogen-bond donors (Lipinski definition) is 2. The van der Waals surface area contributed by atoms with Crippen LogP contribution in [0.25, 0.3) is 11.6 Å². The zero-order valence-electron chi connectivity index (χ0n) is 11.5. The van der Waals surface area contributed by atoms with Crippen molar-refractivity contribution in [2.24, 2.45) is 0 Å². The minimum absolute atomic E-state index is 0.135. The molecule has 0 spiro atoms. The first-order chi connectivity index (χ1) is 10.6. The van der Waals surface area contributed by atoms with E-state index in [2.05, 4.69) is 21.0 Å². The molecule has 0 aliphatic carbocycles. The number of anilines is 1. The van der Waals surface area contributed by atoms with Gasteiger partial charge in [0.15, 0.2) is 0 Å². The Labute approximate surface area is 135 Å². The lowest BCUT2D eigenvalue weighted by molar-refractivity contribution is 0.270. The van der Waals surface area contributed by atoms with Gasteiger partial charge in [0.2, 0.25) is 0 Å². The van der Waals surface area contributed by atoms with Crippen LogP contribution in [0, 0.1) is 22.7 Å². The monoisotopic (exact) mass is 357 g/mol. The Morgan fingerprint density at radius 3 is 2.82 bits per heavy atom. The average molecular weight is 358 g/mol. The third kappa shape index (κ3) is 3.17. The Morgan fingerprint density at radius 2 is 2.23 bits per heavy atom. The van der Waals surface area contributed by atoms with Crippen LogP contribution in [0.1, 0.15) is 16.8 Å². The number of allylic oxidation sites excluding steroid dienone is 1. The highest BCUT2D eigenvalue weighted by Crippen LogP contribution is 2.25. The van der Waals surface area contributed by atoms with Gasteiger partial charge in [0.05, 0.1) is 18.7 Å². The number of hydrogen-bond acceptors (Lipinski definition) is 5. The lowest BCUT2D eigenvalue weighted by Gasteiger charge is -1.99. The summed E-state index contributed by atoms with van der Waals surface area (Å²) in [5, 5.41) is 31.8. The summed E-state index contributed by atoms with van der Waals surface area (Å²) in [5.41, 5.74) is 7.22. The van der Waals surface area contributed by atoms with Gasteiger partial charge in [-0.2, -0.15) is 15.6 Å². The fourth-order valence-electron chi connectivity index (χ4n) is 1.96. The molecule has 2 aromatic rings. The second-order valence-electron chi connectivity index (χ2n) is 4.39. The lowest BCUT2D eigenvalue weighted by Crippen LogP contribution is -2.07. The van der Waals surface area contributed by atoms with Crippen molar-refractivity contribution in [1.29, 1.82) is 10.5 Å². The number of nitrogens with two attached hydrogens (primary N) is 1. The Bertz CT molecular complexity index is 810. The van der Waals surface area contributed by atoms with E-state index in [9.17, 15) is 10.5 Å². The summed E-state index contributed by atoms with van der Waals surface area (Å²) in [6.07, 6.45) is 1.64. The van der Waals surface area contributed by atoms with Crippen LogP contribution in [0.3, 0.4) is 0 Å². The molecule has 22 heavy (non-hydrogen) atoms. The molecule has 1 heterocycles. The number of halogens is 1. The second-order valence-corrected chi connectivity index (χ2v) is 5.31. The Morgan fingerprint density at radius 1 is 1.45 bits per heavy atom. The molecule has 0 fully saturated rings. The van der Waals surface area contributed by atoms with Crippen LogP contribution < -0.4 is 5.73 Å². The molecule has 0 radical (unpaired) electrons. The summed E-state index contributed by atoms with van der Waals surface area (Å²) < 4.78 is 2.20. The molecule has 0 unspecified atom stereocenters. The van der Waals surface area contributed by atoms with Gasteiger partial charge in [-0.1, -0.05) is 28.1 Å². The number of aliphatic hydroxyl groups is 1. The molecule has 0 saturated heterocycles. The maximum absolute atomic E-state index is 9.38. The van der Waals surface area contributed by atoms with Crippen LogP contribution in [-0.4, -0.2) is 21.5 Å². The molecule has 0 aliphatic heterocycles. The van der Waals surface area contributed by atoms with E-state index < -0.39 is 0 Å². The molecule has 1 aromatic heterocycles. The van der Waals surface area contributed by atoms with E-state index in [1.807, 2.05) is 36.4 Å². The van der Waals surface area contributed by atoms with Crippen molar-refractivity contribution in [2.45, 2.75) is 6.54 Å². The fourth-order valence-corrected chi connectivity index (χ4v) is 2.37. The molecule has 2 rings (SSSR count). The minimum atomic E-state index is -0.159. The first-order valence-corrected chi connectivity index (χ1v) is 7.15. The van der Waals surface area contributed by atoms with Gasteiger partial charge in [0.1, 0.15) is 29.2 Å². The Kier molecular flexibility index (Phi) is 4.95. The second kappa shape index (κ2) is 6.90. The van der Waals surface area contributed by atoms with Crippen molar-refractivity contribution in [3.8, 4) is 12.1 Å². The van der Waals surface area contributed by atoms with E-state index in [1.54, 1.807) is 6.08 Å². The number of rotatable bonds is 4. The van der Waals surface area contributed by atoms with E-state index in [0.717, 1.165) is 10.0 Å². The molecule has 3 N–H and O–H groups in total. The fraction of sp³-hybridized carbons (Fsp3) is 0.133. The van der Waals surface area contributed by atoms with Gasteiger partial charge in [-0.15, -0.1) is 0 Å². The average Bonchev–Trinajstić information content (AvgIpc) is 2.81. The predicted molar refractivity (Wildman–Crippen MR) is 86.1 cm³/mol. The molecular weight excluding hydrogens is 346 g/mol. The predicted octanol–water partition coefficient (Wildman–Crippen LogP) is 2.16. The zero-order valence-corrected chi connectivity index (χ0v) is 13.1. The Hall–Kier alpha value is -2.61. The van der Waals surface area contributed by atoms with Crippen LogP contribution in [0.15, 0.2) is 28.7 Å². The SMILES string of the molecule is N#C/C(=C\c1cccc(Br)c1)c1nn(CCO)c(N)c1C#N. The number of aromatic nitrogens is 2. The van der Waals surface area contributed by atoms with E-state index >= 15 is 0 Å². The maximum Gasteiger partial charge on any atom is 0.140 e. The van der Waals surface area contributed by atoms with Crippen molar-refractivity contribution in [3.05, 3.63) is 45.6 Å². The summed E-state index contributed by atoms with van der Waals surface area (Å²) in [4.78, 5) is 0. The normalized spacial score (nSPS) is 11.0. The first kappa shape index (κ1) is 15.8. The van der Waals surface area contributed by atoms with E-state index in [0.29, 0.717) is 0 Å². The van der Waals surface area contributed by atoms with E-state index in [1.165, 1.54) is 4.68 Å². The topological polar surface area (TPSA) is 112 Å². The molecular formula is C15H12BrN5O. The summed E-state index contributed by atoms with van der Waals surface area (Å²) >= 11 is 3.36. The van der Waals surface area contributed by atoms with Gasteiger partial charge in [0, 0.05) is 4.47 Å². The third-order valence-electron chi connectivity index (χ3n) is 2.95. The molecule has 0 atom stereocenters. The largest absolute Gasteiger partial charge is 0.394 e. The van der Waals surface area contributed by atoms with Gasteiger partial charge in [0.25, 0.3) is 0 Å². The van der Waals surface area contributed by atoms with E-state index in [4.69, 9.17) is 10.8 Å². The zero-order chi connectivity index (χ0) is 16.1. The van der Waals surface area contributed by atoms with Gasteiger partial charge >= 0.3 is 0 Å². The number of nitrogens with zero attached hydrogens (tertiary/aromatic N) is 4. The molecule has 0 saturated carbocycles. The van der Waals surface area contributed by atoms with Crippen LogP contribution in [-0.2, 0) is 6.54 Å². The molecule has 110 valence electrons. The van der Waals surface area contributed by atoms with Gasteiger partial charge in [-0.05, 0) is 23.8 Å². The van der Waals surface area contributed by atoms with Crippen molar-refractivity contribution >= 4 is 33.4 Å². The highest BCUT2D eigenvalue weighted by Gasteiger charge is 2.18. The van der Waals surface area contributed by atoms with Crippen LogP contribution in [0.4, 0.5) is 5.82 Å². The van der Waals surface area contributed by atoms with Crippen LogP contribution in [0.5, 0.6) is 0 Å². The first-order valence-electron chi connectivity index (χ1n) is 6.35. The quantitative estimate of drug-likeness (QED) is 0.814. The lowest BCUT2D eigenvalue weighted by atomic mass is 10.1. The third-order valence-corrected chi connectivity index (χ3v) is 3.44. The van der Waals surface area contributed by atoms with Crippen LogP contribution >= 0.6 is 15.9 Å². The van der Waals surface area contributed by atoms with E-state index in [-0.39, 0.29) is 35.8 Å². The number of benzene rings is 1. The smallest absolute Gasteiger partial charge is 0.140 e. The molecule has 0 bridgehead atoms. The van der Waals surface area contributed by atoms with Crippen molar-refractivity contribution in [3.63, 3.8) is 0 Å².